The molecule has 0 bridgehead atoms. The van der Waals surface area contributed by atoms with Gasteiger partial charge in [0.25, 0.3) is 0 Å². The monoisotopic (exact) mass is 248 g/mol. The summed E-state index contributed by atoms with van der Waals surface area (Å²) in [5, 5.41) is 9.28. The lowest BCUT2D eigenvalue weighted by Crippen LogP contribution is -2.04. The first kappa shape index (κ1) is 14.8. The second-order valence-corrected chi connectivity index (χ2v) is 4.68. The van der Waals surface area contributed by atoms with Crippen molar-refractivity contribution in [3.8, 4) is 5.75 Å². The third-order valence-electron chi connectivity index (χ3n) is 2.78. The fourth-order valence-corrected chi connectivity index (χ4v) is 1.82. The van der Waals surface area contributed by atoms with Crippen molar-refractivity contribution < 1.29 is 9.84 Å². The van der Waals surface area contributed by atoms with Crippen molar-refractivity contribution in [2.75, 3.05) is 6.61 Å². The van der Waals surface area contributed by atoms with Gasteiger partial charge in [0.2, 0.25) is 0 Å². The van der Waals surface area contributed by atoms with E-state index in [1.807, 2.05) is 30.3 Å². The fraction of sp³-hybridized carbons (Fsp3) is 0.500. The van der Waals surface area contributed by atoms with Crippen LogP contribution in [0.4, 0.5) is 0 Å². The molecule has 0 spiro atoms. The van der Waals surface area contributed by atoms with E-state index < -0.39 is 0 Å². The summed E-state index contributed by atoms with van der Waals surface area (Å²) < 4.78 is 5.66. The van der Waals surface area contributed by atoms with Gasteiger partial charge in [0.1, 0.15) is 5.75 Å². The van der Waals surface area contributed by atoms with Gasteiger partial charge < -0.3 is 9.84 Å². The highest BCUT2D eigenvalue weighted by Crippen LogP contribution is 2.14. The molecule has 18 heavy (non-hydrogen) atoms. The smallest absolute Gasteiger partial charge is 0.119 e. The van der Waals surface area contributed by atoms with Gasteiger partial charge in [-0.25, -0.2) is 0 Å². The molecule has 0 fully saturated rings. The van der Waals surface area contributed by atoms with E-state index in [0.717, 1.165) is 30.8 Å². The molecule has 1 unspecified atom stereocenters. The predicted molar refractivity (Wildman–Crippen MR) is 76.0 cm³/mol. The Morgan fingerprint density at radius 2 is 1.94 bits per heavy atom. The van der Waals surface area contributed by atoms with Crippen molar-refractivity contribution in [1.82, 2.24) is 0 Å². The number of hydrogen-bond acceptors (Lipinski definition) is 2. The predicted octanol–water partition coefficient (Wildman–Crippen LogP) is 3.74. The summed E-state index contributed by atoms with van der Waals surface area (Å²) >= 11 is 0. The van der Waals surface area contributed by atoms with Crippen molar-refractivity contribution in [1.29, 1.82) is 0 Å². The number of ether oxygens (including phenoxy) is 1. The number of aliphatic hydroxyl groups excluding tert-OH is 1. The van der Waals surface area contributed by atoms with Crippen LogP contribution >= 0.6 is 0 Å². The molecular weight excluding hydrogens is 224 g/mol. The van der Waals surface area contributed by atoms with Gasteiger partial charge in [-0.3, -0.25) is 0 Å². The molecule has 1 N–H and O–H groups in total. The standard InChI is InChI=1S/C16H24O2/c1-3-4-5-6-7-12-18-16-10-8-15(9-11-16)13-14(2)17/h3,8-11,14,17H,1,4-7,12-13H2,2H3. The van der Waals surface area contributed by atoms with Gasteiger partial charge in [-0.15, -0.1) is 6.58 Å². The van der Waals surface area contributed by atoms with Gasteiger partial charge in [-0.2, -0.15) is 0 Å². The van der Waals surface area contributed by atoms with Crippen LogP contribution in [0.1, 0.15) is 38.2 Å². The normalized spacial score (nSPS) is 12.1. The topological polar surface area (TPSA) is 29.5 Å². The molecule has 0 saturated carbocycles. The summed E-state index contributed by atoms with van der Waals surface area (Å²) in [5.41, 5.74) is 1.14. The number of rotatable bonds is 9. The maximum absolute atomic E-state index is 9.28. The third kappa shape index (κ3) is 6.45. The van der Waals surface area contributed by atoms with Crippen LogP contribution < -0.4 is 4.74 Å². The fourth-order valence-electron chi connectivity index (χ4n) is 1.82. The van der Waals surface area contributed by atoms with E-state index in [9.17, 15) is 5.11 Å². The van der Waals surface area contributed by atoms with Gasteiger partial charge in [-0.1, -0.05) is 18.2 Å². The lowest BCUT2D eigenvalue weighted by molar-refractivity contribution is 0.195. The zero-order chi connectivity index (χ0) is 13.2. The van der Waals surface area contributed by atoms with E-state index >= 15 is 0 Å². The average molecular weight is 248 g/mol. The molecule has 1 aromatic carbocycles. The maximum Gasteiger partial charge on any atom is 0.119 e. The Labute approximate surface area is 110 Å². The highest BCUT2D eigenvalue weighted by molar-refractivity contribution is 5.27. The van der Waals surface area contributed by atoms with Crippen LogP contribution in [0, 0.1) is 0 Å². The van der Waals surface area contributed by atoms with Crippen LogP contribution in [0.2, 0.25) is 0 Å². The van der Waals surface area contributed by atoms with Gasteiger partial charge in [0.05, 0.1) is 12.7 Å². The van der Waals surface area contributed by atoms with Crippen molar-refractivity contribution in [3.05, 3.63) is 42.5 Å². The van der Waals surface area contributed by atoms with Crippen molar-refractivity contribution >= 4 is 0 Å². The van der Waals surface area contributed by atoms with Gasteiger partial charge in [0, 0.05) is 0 Å². The van der Waals surface area contributed by atoms with E-state index in [1.54, 1.807) is 6.92 Å². The average Bonchev–Trinajstić information content (AvgIpc) is 2.35. The van der Waals surface area contributed by atoms with Crippen LogP contribution in [0.15, 0.2) is 36.9 Å². The second-order valence-electron chi connectivity index (χ2n) is 4.68. The molecule has 0 aliphatic carbocycles. The Hall–Kier alpha value is -1.28. The van der Waals surface area contributed by atoms with Crippen LogP contribution in [0.5, 0.6) is 5.75 Å². The summed E-state index contributed by atoms with van der Waals surface area (Å²) in [5.74, 6) is 0.910. The highest BCUT2D eigenvalue weighted by atomic mass is 16.5. The second kappa shape index (κ2) is 8.76. The Morgan fingerprint density at radius 3 is 2.56 bits per heavy atom. The van der Waals surface area contributed by atoms with E-state index in [0.29, 0.717) is 6.42 Å². The molecule has 0 heterocycles. The summed E-state index contributed by atoms with van der Waals surface area (Å²) in [7, 11) is 0. The van der Waals surface area contributed by atoms with Crippen LogP contribution in [0.25, 0.3) is 0 Å². The summed E-state index contributed by atoms with van der Waals surface area (Å²) in [6.45, 7) is 6.28. The lowest BCUT2D eigenvalue weighted by Gasteiger charge is -2.08. The molecule has 100 valence electrons. The first-order chi connectivity index (χ1) is 8.72. The first-order valence-corrected chi connectivity index (χ1v) is 6.73. The molecule has 2 heteroatoms. The molecular formula is C16H24O2. The zero-order valence-corrected chi connectivity index (χ0v) is 11.3. The summed E-state index contributed by atoms with van der Waals surface area (Å²) in [4.78, 5) is 0. The van der Waals surface area contributed by atoms with Crippen LogP contribution in [0.3, 0.4) is 0 Å². The molecule has 0 amide bonds. The van der Waals surface area contributed by atoms with Gasteiger partial charge in [0.15, 0.2) is 0 Å². The summed E-state index contributed by atoms with van der Waals surface area (Å²) in [6, 6.07) is 7.97. The number of unbranched alkanes of at least 4 members (excludes halogenated alkanes) is 3. The summed E-state index contributed by atoms with van der Waals surface area (Å²) in [6.07, 6.45) is 6.93. The quantitative estimate of drug-likeness (QED) is 0.533. The zero-order valence-electron chi connectivity index (χ0n) is 11.3. The van der Waals surface area contributed by atoms with E-state index in [1.165, 1.54) is 12.8 Å². The Bertz CT molecular complexity index is 327. The van der Waals surface area contributed by atoms with E-state index in [4.69, 9.17) is 4.74 Å². The number of allylic oxidation sites excluding steroid dienone is 1. The maximum atomic E-state index is 9.28. The van der Waals surface area contributed by atoms with Crippen molar-refractivity contribution in [3.63, 3.8) is 0 Å². The first-order valence-electron chi connectivity index (χ1n) is 6.73. The molecule has 1 rings (SSSR count). The van der Waals surface area contributed by atoms with Crippen LogP contribution in [-0.4, -0.2) is 17.8 Å². The molecule has 0 aliphatic rings. The van der Waals surface area contributed by atoms with Crippen LogP contribution in [-0.2, 0) is 6.42 Å². The molecule has 1 atom stereocenters. The molecule has 0 saturated heterocycles. The Morgan fingerprint density at radius 1 is 1.22 bits per heavy atom. The number of hydrogen-bond donors (Lipinski definition) is 1. The van der Waals surface area contributed by atoms with E-state index in [-0.39, 0.29) is 6.10 Å². The lowest BCUT2D eigenvalue weighted by atomic mass is 10.1. The SMILES string of the molecule is C=CCCCCCOc1ccc(CC(C)O)cc1. The Balaban J connectivity index is 2.20. The highest BCUT2D eigenvalue weighted by Gasteiger charge is 1.99. The van der Waals surface area contributed by atoms with Gasteiger partial charge >= 0.3 is 0 Å². The molecule has 0 aliphatic heterocycles. The molecule has 0 radical (unpaired) electrons. The number of benzene rings is 1. The minimum Gasteiger partial charge on any atom is -0.494 e. The minimum absolute atomic E-state index is 0.290. The number of aliphatic hydroxyl groups is 1. The molecule has 2 nitrogen and oxygen atoms in total. The van der Waals surface area contributed by atoms with E-state index in [2.05, 4.69) is 6.58 Å². The van der Waals surface area contributed by atoms with Crippen molar-refractivity contribution in [2.24, 2.45) is 0 Å². The minimum atomic E-state index is -0.290. The largest absolute Gasteiger partial charge is 0.494 e. The van der Waals surface area contributed by atoms with Crippen molar-refractivity contribution in [2.45, 2.75) is 45.1 Å². The Kier molecular flexibility index (Phi) is 7.19. The third-order valence-corrected chi connectivity index (χ3v) is 2.78. The molecule has 1 aromatic rings. The molecule has 0 aromatic heterocycles. The van der Waals surface area contributed by atoms with Gasteiger partial charge in [-0.05, 0) is 56.7 Å².